The Balaban J connectivity index is 1.87. The van der Waals surface area contributed by atoms with Crippen molar-refractivity contribution in [2.45, 2.75) is 25.7 Å². The summed E-state index contributed by atoms with van der Waals surface area (Å²) in [5.74, 6) is 0.891. The Morgan fingerprint density at radius 3 is 2.43 bits per heavy atom. The molecule has 0 aliphatic carbocycles. The van der Waals surface area contributed by atoms with Crippen molar-refractivity contribution in [1.29, 1.82) is 0 Å². The van der Waals surface area contributed by atoms with Gasteiger partial charge in [-0.3, -0.25) is 4.72 Å². The van der Waals surface area contributed by atoms with Gasteiger partial charge in [-0.2, -0.15) is 0 Å². The lowest BCUT2D eigenvalue weighted by molar-refractivity contribution is 0.287. The van der Waals surface area contributed by atoms with Crippen molar-refractivity contribution in [3.8, 4) is 17.2 Å². The van der Waals surface area contributed by atoms with E-state index in [9.17, 15) is 8.42 Å². The van der Waals surface area contributed by atoms with E-state index < -0.39 is 10.0 Å². The molecule has 148 valence electrons. The summed E-state index contributed by atoms with van der Waals surface area (Å²) in [7, 11) is -3.80. The molecular formula is C18H21N5O4S. The van der Waals surface area contributed by atoms with Crippen molar-refractivity contribution in [3.63, 3.8) is 0 Å². The number of aromatic nitrogens is 4. The van der Waals surface area contributed by atoms with Crippen LogP contribution in [0.5, 0.6) is 11.5 Å². The number of nitrogens with one attached hydrogen (secondary N) is 1. The molecule has 3 aromatic rings. The van der Waals surface area contributed by atoms with E-state index >= 15 is 0 Å². The Labute approximate surface area is 163 Å². The molecule has 0 amide bonds. The van der Waals surface area contributed by atoms with Gasteiger partial charge in [-0.25, -0.2) is 13.1 Å². The zero-order chi connectivity index (χ0) is 20.1. The third-order valence-electron chi connectivity index (χ3n) is 3.87. The summed E-state index contributed by atoms with van der Waals surface area (Å²) in [5.41, 5.74) is 2.00. The summed E-state index contributed by atoms with van der Waals surface area (Å²) >= 11 is 0. The zero-order valence-corrected chi connectivity index (χ0v) is 16.6. The van der Waals surface area contributed by atoms with Gasteiger partial charge < -0.3 is 9.47 Å². The molecule has 0 spiro atoms. The van der Waals surface area contributed by atoms with Crippen molar-refractivity contribution in [2.24, 2.45) is 0 Å². The number of nitrogens with zero attached hydrogens (tertiary/aromatic N) is 4. The van der Waals surface area contributed by atoms with Crippen LogP contribution in [0.15, 0.2) is 47.6 Å². The monoisotopic (exact) mass is 403 g/mol. The predicted octanol–water partition coefficient (Wildman–Crippen LogP) is 2.57. The number of sulfonamides is 1. The van der Waals surface area contributed by atoms with Crippen LogP contribution in [-0.2, 0) is 10.0 Å². The second-order valence-electron chi connectivity index (χ2n) is 5.84. The molecule has 0 saturated heterocycles. The lowest BCUT2D eigenvalue weighted by atomic mass is 10.2. The molecule has 3 rings (SSSR count). The number of rotatable bonds is 8. The first-order valence-corrected chi connectivity index (χ1v) is 10.2. The van der Waals surface area contributed by atoms with Gasteiger partial charge >= 0.3 is 0 Å². The van der Waals surface area contributed by atoms with Crippen molar-refractivity contribution in [2.75, 3.05) is 17.9 Å². The third kappa shape index (κ3) is 4.22. The van der Waals surface area contributed by atoms with E-state index in [-0.39, 0.29) is 4.90 Å². The molecule has 0 bridgehead atoms. The van der Waals surface area contributed by atoms with Crippen LogP contribution in [0.4, 0.5) is 5.69 Å². The van der Waals surface area contributed by atoms with E-state index in [1.165, 1.54) is 23.1 Å². The summed E-state index contributed by atoms with van der Waals surface area (Å²) in [6, 6.07) is 9.64. The van der Waals surface area contributed by atoms with Crippen LogP contribution in [0.25, 0.3) is 5.69 Å². The normalized spacial score (nSPS) is 11.2. The van der Waals surface area contributed by atoms with Crippen LogP contribution >= 0.6 is 0 Å². The van der Waals surface area contributed by atoms with Crippen LogP contribution in [0.3, 0.4) is 0 Å². The van der Waals surface area contributed by atoms with Crippen molar-refractivity contribution in [3.05, 3.63) is 48.3 Å². The van der Waals surface area contributed by atoms with E-state index in [4.69, 9.17) is 9.47 Å². The molecule has 28 heavy (non-hydrogen) atoms. The van der Waals surface area contributed by atoms with Gasteiger partial charge in [-0.15, -0.1) is 5.10 Å². The van der Waals surface area contributed by atoms with Gasteiger partial charge in [0.2, 0.25) is 0 Å². The summed E-state index contributed by atoms with van der Waals surface area (Å²) in [6.07, 6.45) is 1.47. The molecular weight excluding hydrogens is 382 g/mol. The Morgan fingerprint density at radius 1 is 1.04 bits per heavy atom. The largest absolute Gasteiger partial charge is 0.490 e. The molecule has 0 saturated carbocycles. The van der Waals surface area contributed by atoms with E-state index in [2.05, 4.69) is 20.2 Å². The highest BCUT2D eigenvalue weighted by Crippen LogP contribution is 2.31. The fraction of sp³-hybridized carbons (Fsp3) is 0.278. The fourth-order valence-electron chi connectivity index (χ4n) is 2.66. The second kappa shape index (κ2) is 8.26. The van der Waals surface area contributed by atoms with Crippen LogP contribution in [0.1, 0.15) is 19.4 Å². The van der Waals surface area contributed by atoms with Crippen molar-refractivity contribution < 1.29 is 17.9 Å². The van der Waals surface area contributed by atoms with Gasteiger partial charge in [0.15, 0.2) is 11.5 Å². The van der Waals surface area contributed by atoms with Crippen molar-refractivity contribution >= 4 is 15.7 Å². The van der Waals surface area contributed by atoms with Crippen LogP contribution in [0, 0.1) is 6.92 Å². The average Bonchev–Trinajstić information content (AvgIpc) is 3.17. The SMILES string of the molecule is CCOc1ccc(S(=O)(=O)Nc2ccc(-n3cnnn3)c(C)c2)cc1OCC. The molecule has 1 aromatic heterocycles. The summed E-state index contributed by atoms with van der Waals surface area (Å²) in [5, 5.41) is 11.0. The minimum Gasteiger partial charge on any atom is -0.490 e. The summed E-state index contributed by atoms with van der Waals surface area (Å²) in [6.45, 7) is 6.37. The lowest BCUT2D eigenvalue weighted by Crippen LogP contribution is -2.14. The molecule has 0 aliphatic rings. The fourth-order valence-corrected chi connectivity index (χ4v) is 3.72. The number of ether oxygens (including phenoxy) is 2. The first-order valence-electron chi connectivity index (χ1n) is 8.71. The maximum atomic E-state index is 12.8. The number of benzene rings is 2. The maximum Gasteiger partial charge on any atom is 0.262 e. The minimum atomic E-state index is -3.80. The third-order valence-corrected chi connectivity index (χ3v) is 5.25. The quantitative estimate of drug-likeness (QED) is 0.616. The van der Waals surface area contributed by atoms with Crippen LogP contribution in [-0.4, -0.2) is 41.8 Å². The van der Waals surface area contributed by atoms with Gasteiger partial charge in [-0.1, -0.05) is 0 Å². The smallest absolute Gasteiger partial charge is 0.262 e. The maximum absolute atomic E-state index is 12.8. The van der Waals surface area contributed by atoms with Gasteiger partial charge in [0, 0.05) is 11.8 Å². The first-order chi connectivity index (χ1) is 13.4. The average molecular weight is 403 g/mol. The lowest BCUT2D eigenvalue weighted by Gasteiger charge is -2.14. The Bertz CT molecular complexity index is 1050. The molecule has 0 fully saturated rings. The highest BCUT2D eigenvalue weighted by Gasteiger charge is 2.18. The zero-order valence-electron chi connectivity index (χ0n) is 15.8. The number of hydrogen-bond donors (Lipinski definition) is 1. The predicted molar refractivity (Wildman–Crippen MR) is 103 cm³/mol. The Kier molecular flexibility index (Phi) is 5.78. The molecule has 0 radical (unpaired) electrons. The van der Waals surface area contributed by atoms with Gasteiger partial charge in [0.25, 0.3) is 10.0 Å². The van der Waals surface area contributed by atoms with Crippen molar-refractivity contribution in [1.82, 2.24) is 20.2 Å². The second-order valence-corrected chi connectivity index (χ2v) is 7.52. The Morgan fingerprint density at radius 2 is 1.79 bits per heavy atom. The first kappa shape index (κ1) is 19.6. The standard InChI is InChI=1S/C18H21N5O4S/c1-4-26-17-9-7-15(11-18(17)27-5-2)28(24,25)20-14-6-8-16(13(3)10-14)23-12-19-21-22-23/h6-12,20H,4-5H2,1-3H3. The molecule has 0 aliphatic heterocycles. The Hall–Kier alpha value is -3.14. The number of tetrazole rings is 1. The van der Waals surface area contributed by atoms with E-state index in [0.29, 0.717) is 30.4 Å². The van der Waals surface area contributed by atoms with Crippen LogP contribution < -0.4 is 14.2 Å². The number of hydrogen-bond acceptors (Lipinski definition) is 7. The number of aryl methyl sites for hydroxylation is 1. The molecule has 9 nitrogen and oxygen atoms in total. The summed E-state index contributed by atoms with van der Waals surface area (Å²) in [4.78, 5) is 0.0848. The molecule has 0 unspecified atom stereocenters. The molecule has 0 atom stereocenters. The van der Waals surface area contributed by atoms with Gasteiger partial charge in [0.1, 0.15) is 6.33 Å². The highest BCUT2D eigenvalue weighted by molar-refractivity contribution is 7.92. The highest BCUT2D eigenvalue weighted by atomic mass is 32.2. The minimum absolute atomic E-state index is 0.0848. The van der Waals surface area contributed by atoms with E-state index in [0.717, 1.165) is 11.3 Å². The molecule has 1 N–H and O–H groups in total. The molecule has 2 aromatic carbocycles. The topological polar surface area (TPSA) is 108 Å². The van der Waals surface area contributed by atoms with Crippen LogP contribution in [0.2, 0.25) is 0 Å². The van der Waals surface area contributed by atoms with Gasteiger partial charge in [0.05, 0.1) is 23.8 Å². The van der Waals surface area contributed by atoms with E-state index in [1.54, 1.807) is 24.3 Å². The molecule has 10 heteroatoms. The number of anilines is 1. The molecule has 1 heterocycles. The van der Waals surface area contributed by atoms with E-state index in [1.807, 2.05) is 20.8 Å². The van der Waals surface area contributed by atoms with Gasteiger partial charge in [-0.05, 0) is 67.1 Å². The summed E-state index contributed by atoms with van der Waals surface area (Å²) < 4.78 is 40.7.